The zero-order valence-electron chi connectivity index (χ0n) is 19.9. The van der Waals surface area contributed by atoms with E-state index in [4.69, 9.17) is 11.6 Å². The molecule has 0 saturated heterocycles. The lowest BCUT2D eigenvalue weighted by molar-refractivity contribution is 0.0925. The number of nitrogens with zero attached hydrogens (tertiary/aromatic N) is 2. The Bertz CT molecular complexity index is 1280. The van der Waals surface area contributed by atoms with Gasteiger partial charge in [0.2, 0.25) is 0 Å². The van der Waals surface area contributed by atoms with E-state index < -0.39 is 0 Å². The number of hydrogen-bond donors (Lipinski definition) is 1. The van der Waals surface area contributed by atoms with Crippen molar-refractivity contribution in [1.29, 1.82) is 0 Å². The smallest absolute Gasteiger partial charge is 0.330 e. The second-order valence-corrected chi connectivity index (χ2v) is 9.23. The largest absolute Gasteiger partial charge is 0.349 e. The number of carbonyl (C=O) groups excluding carboxylic acids is 1. The number of rotatable bonds is 6. The van der Waals surface area contributed by atoms with E-state index in [2.05, 4.69) is 19.2 Å². The lowest BCUT2D eigenvalue weighted by atomic mass is 9.94. The van der Waals surface area contributed by atoms with Gasteiger partial charge < -0.3 is 9.88 Å². The number of aromatic nitrogens is 2. The Morgan fingerprint density at radius 2 is 1.64 bits per heavy atom. The van der Waals surface area contributed by atoms with E-state index in [9.17, 15) is 14.4 Å². The highest BCUT2D eigenvalue weighted by molar-refractivity contribution is 6.34. The summed E-state index contributed by atoms with van der Waals surface area (Å²) in [5, 5.41) is 3.57. The lowest BCUT2D eigenvalue weighted by Crippen LogP contribution is -2.40. The molecule has 0 spiro atoms. The van der Waals surface area contributed by atoms with Crippen LogP contribution in [0.4, 0.5) is 0 Å². The summed E-state index contributed by atoms with van der Waals surface area (Å²) in [6, 6.07) is 13.0. The van der Waals surface area contributed by atoms with Gasteiger partial charge in [0.05, 0.1) is 16.1 Å². The minimum Gasteiger partial charge on any atom is -0.349 e. The minimum absolute atomic E-state index is 0.0915. The number of aryl methyl sites for hydroxylation is 1. The molecule has 0 aliphatic rings. The van der Waals surface area contributed by atoms with Crippen molar-refractivity contribution in [2.75, 3.05) is 0 Å². The molecule has 0 radical (unpaired) electrons. The second kappa shape index (κ2) is 9.79. The summed E-state index contributed by atoms with van der Waals surface area (Å²) in [7, 11) is 3.14. The Hall–Kier alpha value is -3.12. The fraction of sp³-hybridized carbons (Fsp3) is 0.346. The van der Waals surface area contributed by atoms with E-state index in [0.29, 0.717) is 28.3 Å². The highest BCUT2D eigenvalue weighted by Gasteiger charge is 2.21. The third kappa shape index (κ3) is 4.96. The van der Waals surface area contributed by atoms with Crippen LogP contribution in [0.1, 0.15) is 41.0 Å². The van der Waals surface area contributed by atoms with Crippen LogP contribution < -0.4 is 16.6 Å². The van der Waals surface area contributed by atoms with Gasteiger partial charge in [0.1, 0.15) is 0 Å². The van der Waals surface area contributed by atoms with Crippen LogP contribution in [-0.2, 0) is 20.5 Å². The Kier molecular flexibility index (Phi) is 7.28. The number of hydrogen-bond acceptors (Lipinski definition) is 3. The Morgan fingerprint density at radius 3 is 2.21 bits per heavy atom. The van der Waals surface area contributed by atoms with E-state index in [1.165, 1.54) is 11.6 Å². The van der Waals surface area contributed by atoms with Crippen molar-refractivity contribution in [3.8, 4) is 11.1 Å². The molecule has 2 aromatic carbocycles. The summed E-state index contributed by atoms with van der Waals surface area (Å²) in [6.07, 6.45) is 0.636. The van der Waals surface area contributed by atoms with Crippen LogP contribution in [0.15, 0.2) is 52.1 Å². The van der Waals surface area contributed by atoms with E-state index in [0.717, 1.165) is 21.3 Å². The van der Waals surface area contributed by atoms with Gasteiger partial charge in [-0.25, -0.2) is 4.79 Å². The van der Waals surface area contributed by atoms with Crippen LogP contribution >= 0.6 is 11.6 Å². The van der Waals surface area contributed by atoms with Crippen LogP contribution in [0.5, 0.6) is 0 Å². The maximum absolute atomic E-state index is 12.9. The van der Waals surface area contributed by atoms with Crippen molar-refractivity contribution in [1.82, 2.24) is 14.5 Å². The van der Waals surface area contributed by atoms with E-state index in [1.807, 2.05) is 43.3 Å². The molecule has 33 heavy (non-hydrogen) atoms. The Morgan fingerprint density at radius 1 is 1.00 bits per heavy atom. The molecular formula is C26H30ClN3O3. The average Bonchev–Trinajstić information content (AvgIpc) is 2.77. The van der Waals surface area contributed by atoms with Gasteiger partial charge in [-0.15, -0.1) is 0 Å². The van der Waals surface area contributed by atoms with Crippen LogP contribution in [-0.4, -0.2) is 21.1 Å². The molecule has 0 saturated carbocycles. The molecule has 0 bridgehead atoms. The van der Waals surface area contributed by atoms with Crippen molar-refractivity contribution < 1.29 is 4.79 Å². The first-order valence-electron chi connectivity index (χ1n) is 10.9. The van der Waals surface area contributed by atoms with E-state index >= 15 is 0 Å². The first kappa shape index (κ1) is 24.5. The van der Waals surface area contributed by atoms with Crippen LogP contribution in [0.25, 0.3) is 11.1 Å². The normalized spacial score (nSPS) is 12.1. The van der Waals surface area contributed by atoms with Gasteiger partial charge in [0.15, 0.2) is 0 Å². The quantitative estimate of drug-likeness (QED) is 0.595. The summed E-state index contributed by atoms with van der Waals surface area (Å²) in [4.78, 5) is 37.8. The average molecular weight is 468 g/mol. The number of amides is 1. The van der Waals surface area contributed by atoms with Gasteiger partial charge >= 0.3 is 5.69 Å². The van der Waals surface area contributed by atoms with Gasteiger partial charge in [-0.3, -0.25) is 14.2 Å². The van der Waals surface area contributed by atoms with Crippen LogP contribution in [0, 0.1) is 19.8 Å². The molecule has 1 heterocycles. The summed E-state index contributed by atoms with van der Waals surface area (Å²) in [5.74, 6) is 0.0207. The molecule has 1 N–H and O–H groups in total. The predicted octanol–water partition coefficient (Wildman–Crippen LogP) is 4.02. The molecule has 6 nitrogen and oxygen atoms in total. The molecule has 3 rings (SSSR count). The van der Waals surface area contributed by atoms with Gasteiger partial charge in [-0.2, -0.15) is 0 Å². The SMILES string of the molecule is Cc1cccc(Cl)c1C(=O)N[C@@H](Cc1ccc(-c2c(C)n(C)c(=O)n(C)c2=O)cc1)C(C)C. The lowest BCUT2D eigenvalue weighted by Gasteiger charge is -2.23. The standard InChI is InChI=1S/C26H30ClN3O3/c1-15(2)21(28-24(31)22-16(3)8-7-9-20(22)27)14-18-10-12-19(13-11-18)23-17(4)29(5)26(33)30(6)25(23)32/h7-13,15,21H,14H2,1-6H3,(H,28,31)/t21-/m0/s1. The maximum atomic E-state index is 12.9. The molecule has 0 aliphatic carbocycles. The number of nitrogens with one attached hydrogen (secondary N) is 1. The van der Waals surface area contributed by atoms with Gasteiger partial charge in [-0.1, -0.05) is 61.8 Å². The molecule has 7 heteroatoms. The molecule has 0 unspecified atom stereocenters. The molecule has 1 atom stereocenters. The zero-order chi connectivity index (χ0) is 24.4. The first-order valence-corrected chi connectivity index (χ1v) is 11.3. The number of carbonyl (C=O) groups is 1. The number of halogens is 1. The third-order valence-electron chi connectivity index (χ3n) is 6.23. The Balaban J connectivity index is 1.86. The van der Waals surface area contributed by atoms with Crippen molar-refractivity contribution >= 4 is 17.5 Å². The zero-order valence-corrected chi connectivity index (χ0v) is 20.7. The summed E-state index contributed by atoms with van der Waals surface area (Å²) in [5.41, 5.74) is 3.60. The molecular weight excluding hydrogens is 438 g/mol. The molecule has 1 aromatic heterocycles. The van der Waals surface area contributed by atoms with Crippen LogP contribution in [0.3, 0.4) is 0 Å². The van der Waals surface area contributed by atoms with E-state index in [-0.39, 0.29) is 29.1 Å². The van der Waals surface area contributed by atoms with E-state index in [1.54, 1.807) is 20.0 Å². The van der Waals surface area contributed by atoms with Crippen molar-refractivity contribution in [2.24, 2.45) is 20.0 Å². The van der Waals surface area contributed by atoms with Crippen LogP contribution in [0.2, 0.25) is 5.02 Å². The van der Waals surface area contributed by atoms with Crippen molar-refractivity contribution in [3.05, 3.63) is 90.7 Å². The maximum Gasteiger partial charge on any atom is 0.330 e. The minimum atomic E-state index is -0.345. The van der Waals surface area contributed by atoms with Crippen molar-refractivity contribution in [3.63, 3.8) is 0 Å². The fourth-order valence-electron chi connectivity index (χ4n) is 3.95. The monoisotopic (exact) mass is 467 g/mol. The third-order valence-corrected chi connectivity index (χ3v) is 6.54. The molecule has 1 amide bonds. The summed E-state index contributed by atoms with van der Waals surface area (Å²) >= 11 is 6.27. The summed E-state index contributed by atoms with van der Waals surface area (Å²) < 4.78 is 2.60. The van der Waals surface area contributed by atoms with Crippen molar-refractivity contribution in [2.45, 2.75) is 40.2 Å². The van der Waals surface area contributed by atoms with Gasteiger partial charge in [0.25, 0.3) is 11.5 Å². The molecule has 174 valence electrons. The number of benzene rings is 2. The van der Waals surface area contributed by atoms with Gasteiger partial charge in [-0.05, 0) is 48.9 Å². The predicted molar refractivity (Wildman–Crippen MR) is 133 cm³/mol. The first-order chi connectivity index (χ1) is 15.5. The fourth-order valence-corrected chi connectivity index (χ4v) is 4.26. The molecule has 0 aliphatic heterocycles. The summed E-state index contributed by atoms with van der Waals surface area (Å²) in [6.45, 7) is 7.77. The van der Waals surface area contributed by atoms with Gasteiger partial charge in [0, 0.05) is 25.8 Å². The second-order valence-electron chi connectivity index (χ2n) is 8.82. The topological polar surface area (TPSA) is 73.1 Å². The highest BCUT2D eigenvalue weighted by Crippen LogP contribution is 2.22. The molecule has 3 aromatic rings. The highest BCUT2D eigenvalue weighted by atomic mass is 35.5. The molecule has 0 fully saturated rings. The Labute approximate surface area is 198 Å².